The largest absolute Gasteiger partial charge is 0.444 e. The molecule has 0 aliphatic carbocycles. The van der Waals surface area contributed by atoms with Crippen molar-refractivity contribution in [3.63, 3.8) is 0 Å². The van der Waals surface area contributed by atoms with Crippen LogP contribution in [-0.2, 0) is 4.74 Å². The third-order valence-corrected chi connectivity index (χ3v) is 9.40. The molecule has 208 valence electrons. The van der Waals surface area contributed by atoms with Crippen LogP contribution < -0.4 is 9.80 Å². The number of aromatic nitrogens is 2. The second-order valence-electron chi connectivity index (χ2n) is 12.2. The summed E-state index contributed by atoms with van der Waals surface area (Å²) in [6, 6.07) is 2.29. The summed E-state index contributed by atoms with van der Waals surface area (Å²) < 4.78 is 21.2. The summed E-state index contributed by atoms with van der Waals surface area (Å²) >= 11 is 9.67. The van der Waals surface area contributed by atoms with Crippen molar-refractivity contribution in [2.75, 3.05) is 63.2 Å². The number of carbonyl (C=O) groups excluding carboxylic acids is 1. The van der Waals surface area contributed by atoms with E-state index in [0.29, 0.717) is 35.5 Å². The second kappa shape index (κ2) is 10.2. The Balaban J connectivity index is 1.37. The van der Waals surface area contributed by atoms with Crippen molar-refractivity contribution < 1.29 is 13.9 Å². The summed E-state index contributed by atoms with van der Waals surface area (Å²) in [4.78, 5) is 30.6. The van der Waals surface area contributed by atoms with E-state index in [2.05, 4.69) is 44.7 Å². The maximum Gasteiger partial charge on any atom is 0.410 e. The van der Waals surface area contributed by atoms with E-state index < -0.39 is 11.4 Å². The van der Waals surface area contributed by atoms with Gasteiger partial charge in [0.15, 0.2) is 5.82 Å². The van der Waals surface area contributed by atoms with Crippen LogP contribution in [0.2, 0.25) is 5.02 Å². The zero-order valence-electron chi connectivity index (χ0n) is 22.9. The number of fused-ring (bicyclic) bond motifs is 1. The predicted octanol–water partition coefficient (Wildman–Crippen LogP) is 5.55. The predicted molar refractivity (Wildman–Crippen MR) is 153 cm³/mol. The minimum atomic E-state index is -0.498. The number of anilines is 2. The SMILES string of the molecule is CN(C)C1CCN(c2nc(N3CCC4(CC3)CN(C(=O)OC(C)(C)C)C4)c3cc(Cl)c(Br)c(F)c3n2)CC1. The Labute approximate surface area is 237 Å². The molecule has 3 aliphatic rings. The van der Waals surface area contributed by atoms with Gasteiger partial charge in [-0.3, -0.25) is 0 Å². The number of ether oxygens (including phenoxy) is 1. The van der Waals surface area contributed by atoms with Gasteiger partial charge < -0.3 is 24.3 Å². The van der Waals surface area contributed by atoms with Crippen LogP contribution in [0, 0.1) is 11.2 Å². The van der Waals surface area contributed by atoms with Crippen LogP contribution in [0.5, 0.6) is 0 Å². The standard InChI is InChI=1S/C27H37BrClFN6O2/c1-26(2,3)38-25(37)36-15-27(16-36)8-12-34(13-9-27)23-18-14-19(29)20(28)21(30)22(18)31-24(32-23)35-10-6-17(7-11-35)33(4)5/h14,17H,6-13,15-16H2,1-5H3. The molecule has 0 radical (unpaired) electrons. The minimum absolute atomic E-state index is 0.0963. The Morgan fingerprint density at radius 1 is 1.13 bits per heavy atom. The fourth-order valence-electron chi connectivity index (χ4n) is 5.84. The molecule has 1 aromatic heterocycles. The van der Waals surface area contributed by atoms with Gasteiger partial charge in [-0.05, 0) is 82.5 Å². The van der Waals surface area contributed by atoms with Gasteiger partial charge in [0.1, 0.15) is 16.9 Å². The molecule has 0 N–H and O–H groups in total. The lowest BCUT2D eigenvalue weighted by atomic mass is 9.72. The van der Waals surface area contributed by atoms with Crippen molar-refractivity contribution in [2.24, 2.45) is 5.41 Å². The highest BCUT2D eigenvalue weighted by Crippen LogP contribution is 2.43. The summed E-state index contributed by atoms with van der Waals surface area (Å²) in [5, 5.41) is 0.933. The first-order chi connectivity index (χ1) is 17.9. The zero-order valence-corrected chi connectivity index (χ0v) is 25.2. The van der Waals surface area contributed by atoms with E-state index >= 15 is 4.39 Å². The second-order valence-corrected chi connectivity index (χ2v) is 13.4. The average Bonchev–Trinajstić information content (AvgIpc) is 2.84. The lowest BCUT2D eigenvalue weighted by Crippen LogP contribution is -2.62. The number of carbonyl (C=O) groups is 1. The van der Waals surface area contributed by atoms with E-state index in [-0.39, 0.29) is 21.5 Å². The Morgan fingerprint density at radius 3 is 2.34 bits per heavy atom. The summed E-state index contributed by atoms with van der Waals surface area (Å²) in [6.45, 7) is 10.3. The average molecular weight is 612 g/mol. The number of likely N-dealkylation sites (tertiary alicyclic amines) is 1. The molecule has 8 nitrogen and oxygen atoms in total. The topological polar surface area (TPSA) is 65.0 Å². The van der Waals surface area contributed by atoms with Crippen LogP contribution in [-0.4, -0.2) is 90.9 Å². The Hall–Kier alpha value is -1.91. The molecule has 5 rings (SSSR count). The molecule has 1 aromatic carbocycles. The molecule has 0 atom stereocenters. The highest BCUT2D eigenvalue weighted by Gasteiger charge is 2.48. The molecule has 0 unspecified atom stereocenters. The van der Waals surface area contributed by atoms with Crippen molar-refractivity contribution in [1.82, 2.24) is 19.8 Å². The molecule has 2 aromatic rings. The Kier molecular flexibility index (Phi) is 7.45. The van der Waals surface area contributed by atoms with Crippen LogP contribution in [0.4, 0.5) is 21.0 Å². The number of benzene rings is 1. The van der Waals surface area contributed by atoms with Gasteiger partial charge in [-0.2, -0.15) is 4.98 Å². The molecule has 0 bridgehead atoms. The molecule has 11 heteroatoms. The van der Waals surface area contributed by atoms with E-state index in [1.165, 1.54) is 0 Å². The molecule has 4 heterocycles. The maximum absolute atomic E-state index is 15.4. The normalized spacial score (nSPS) is 20.4. The van der Waals surface area contributed by atoms with Gasteiger partial charge in [0.25, 0.3) is 0 Å². The molecule has 0 saturated carbocycles. The first-order valence-electron chi connectivity index (χ1n) is 13.4. The van der Waals surface area contributed by atoms with Gasteiger partial charge in [-0.25, -0.2) is 14.2 Å². The lowest BCUT2D eigenvalue weighted by molar-refractivity contribution is -0.0434. The molecule has 38 heavy (non-hydrogen) atoms. The van der Waals surface area contributed by atoms with Gasteiger partial charge in [0.2, 0.25) is 5.95 Å². The van der Waals surface area contributed by atoms with Gasteiger partial charge in [0.05, 0.1) is 9.50 Å². The number of nitrogens with zero attached hydrogens (tertiary/aromatic N) is 6. The highest BCUT2D eigenvalue weighted by molar-refractivity contribution is 9.10. The molecule has 1 spiro atoms. The van der Waals surface area contributed by atoms with Crippen LogP contribution >= 0.6 is 27.5 Å². The highest BCUT2D eigenvalue weighted by atomic mass is 79.9. The van der Waals surface area contributed by atoms with Gasteiger partial charge in [0, 0.05) is 56.1 Å². The first-order valence-corrected chi connectivity index (χ1v) is 14.5. The van der Waals surface area contributed by atoms with Crippen molar-refractivity contribution >= 4 is 56.3 Å². The van der Waals surface area contributed by atoms with E-state index in [1.54, 1.807) is 11.0 Å². The van der Waals surface area contributed by atoms with Crippen molar-refractivity contribution in [3.05, 3.63) is 21.4 Å². The summed E-state index contributed by atoms with van der Waals surface area (Å²) in [5.41, 5.74) is -0.113. The number of amides is 1. The van der Waals surface area contributed by atoms with Gasteiger partial charge in [-0.1, -0.05) is 11.6 Å². The van der Waals surface area contributed by atoms with Gasteiger partial charge in [-0.15, -0.1) is 0 Å². The fraction of sp³-hybridized carbons (Fsp3) is 0.667. The van der Waals surface area contributed by atoms with Crippen molar-refractivity contribution in [1.29, 1.82) is 0 Å². The van der Waals surface area contributed by atoms with Crippen LogP contribution in [0.3, 0.4) is 0 Å². The molecule has 3 saturated heterocycles. The third-order valence-electron chi connectivity index (χ3n) is 8.10. The molecule has 3 aliphatic heterocycles. The molecule has 3 fully saturated rings. The summed E-state index contributed by atoms with van der Waals surface area (Å²) in [7, 11) is 4.22. The molecular formula is C27H37BrClFN6O2. The van der Waals surface area contributed by atoms with E-state index in [1.807, 2.05) is 20.8 Å². The van der Waals surface area contributed by atoms with Crippen molar-refractivity contribution in [2.45, 2.75) is 58.1 Å². The quantitative estimate of drug-likeness (QED) is 0.422. The Bertz CT molecular complexity index is 1210. The Morgan fingerprint density at radius 2 is 1.76 bits per heavy atom. The van der Waals surface area contributed by atoms with E-state index in [9.17, 15) is 4.79 Å². The number of rotatable bonds is 3. The molecular weight excluding hydrogens is 575 g/mol. The van der Waals surface area contributed by atoms with Crippen LogP contribution in [0.15, 0.2) is 10.5 Å². The minimum Gasteiger partial charge on any atom is -0.444 e. The number of halogens is 3. The lowest BCUT2D eigenvalue weighted by Gasteiger charge is -2.53. The van der Waals surface area contributed by atoms with Crippen LogP contribution in [0.25, 0.3) is 10.9 Å². The zero-order chi connectivity index (χ0) is 27.4. The molecule has 1 amide bonds. The number of piperidine rings is 2. The number of hydrogen-bond donors (Lipinski definition) is 0. The number of hydrogen-bond acceptors (Lipinski definition) is 7. The fourth-order valence-corrected chi connectivity index (χ4v) is 6.33. The summed E-state index contributed by atoms with van der Waals surface area (Å²) in [5.74, 6) is 0.838. The van der Waals surface area contributed by atoms with Gasteiger partial charge >= 0.3 is 6.09 Å². The monoisotopic (exact) mass is 610 g/mol. The summed E-state index contributed by atoms with van der Waals surface area (Å²) in [6.07, 6.45) is 3.63. The first kappa shape index (κ1) is 27.6. The van der Waals surface area contributed by atoms with Crippen molar-refractivity contribution in [3.8, 4) is 0 Å². The van der Waals surface area contributed by atoms with E-state index in [0.717, 1.165) is 57.7 Å². The smallest absolute Gasteiger partial charge is 0.410 e. The van der Waals surface area contributed by atoms with Crippen LogP contribution in [0.1, 0.15) is 46.5 Å². The maximum atomic E-state index is 15.4. The third kappa shape index (κ3) is 5.41. The van der Waals surface area contributed by atoms with E-state index in [4.69, 9.17) is 26.3 Å².